The van der Waals surface area contributed by atoms with Gasteiger partial charge in [0.15, 0.2) is 5.82 Å². The van der Waals surface area contributed by atoms with Crippen molar-refractivity contribution in [2.75, 3.05) is 5.32 Å². The fourth-order valence-electron chi connectivity index (χ4n) is 1.68. The van der Waals surface area contributed by atoms with Crippen molar-refractivity contribution < 1.29 is 0 Å². The fraction of sp³-hybridized carbons (Fsp3) is 0.167. The number of para-hydroxylation sites is 2. The second-order valence-corrected chi connectivity index (χ2v) is 3.93. The minimum atomic E-state index is 0.536. The molecule has 2 aromatic heterocycles. The van der Waals surface area contributed by atoms with Gasteiger partial charge < -0.3 is 5.32 Å². The maximum absolute atomic E-state index is 4.46. The number of aromatic nitrogens is 5. The Kier molecular flexibility index (Phi) is 2.60. The Bertz CT molecular complexity index is 675. The number of nitrogens with one attached hydrogen (secondary N) is 1. The number of aryl methyl sites for hydroxylation is 1. The zero-order chi connectivity index (χ0) is 12.4. The van der Waals surface area contributed by atoms with Crippen molar-refractivity contribution >= 4 is 16.9 Å². The van der Waals surface area contributed by atoms with Crippen molar-refractivity contribution in [1.29, 1.82) is 0 Å². The van der Waals surface area contributed by atoms with Crippen LogP contribution in [0.15, 0.2) is 36.8 Å². The molecule has 0 aliphatic carbocycles. The highest BCUT2D eigenvalue weighted by atomic mass is 15.3. The molecule has 0 aliphatic rings. The van der Waals surface area contributed by atoms with Gasteiger partial charge in [-0.25, -0.2) is 9.97 Å². The van der Waals surface area contributed by atoms with Crippen LogP contribution in [0.25, 0.3) is 11.0 Å². The molecule has 3 aromatic rings. The van der Waals surface area contributed by atoms with E-state index in [1.165, 1.54) is 0 Å². The molecule has 3 rings (SSSR count). The van der Waals surface area contributed by atoms with Crippen LogP contribution in [0.3, 0.4) is 0 Å². The summed E-state index contributed by atoms with van der Waals surface area (Å²) in [4.78, 5) is 12.9. The molecule has 0 fully saturated rings. The minimum absolute atomic E-state index is 0.536. The highest BCUT2D eigenvalue weighted by Crippen LogP contribution is 2.11. The summed E-state index contributed by atoms with van der Waals surface area (Å²) in [6.45, 7) is 0.536. The predicted molar refractivity (Wildman–Crippen MR) is 67.9 cm³/mol. The van der Waals surface area contributed by atoms with Crippen molar-refractivity contribution in [3.63, 3.8) is 0 Å². The maximum Gasteiger partial charge on any atom is 0.169 e. The van der Waals surface area contributed by atoms with Crippen LogP contribution in [0, 0.1) is 0 Å². The zero-order valence-electron chi connectivity index (χ0n) is 9.91. The molecule has 1 N–H and O–H groups in total. The van der Waals surface area contributed by atoms with Crippen LogP contribution < -0.4 is 5.32 Å². The highest BCUT2D eigenvalue weighted by Gasteiger charge is 2.01. The molecular weight excluding hydrogens is 228 g/mol. The first-order valence-electron chi connectivity index (χ1n) is 5.61. The van der Waals surface area contributed by atoms with Gasteiger partial charge in [0, 0.05) is 7.05 Å². The number of anilines is 1. The first kappa shape index (κ1) is 10.6. The average molecular weight is 240 g/mol. The Morgan fingerprint density at radius 3 is 2.78 bits per heavy atom. The molecule has 0 aliphatic heterocycles. The Morgan fingerprint density at radius 1 is 1.17 bits per heavy atom. The normalized spacial score (nSPS) is 10.7. The lowest BCUT2D eigenvalue weighted by molar-refractivity contribution is 0.747. The molecule has 90 valence electrons. The van der Waals surface area contributed by atoms with Gasteiger partial charge in [0.25, 0.3) is 0 Å². The van der Waals surface area contributed by atoms with Gasteiger partial charge in [-0.1, -0.05) is 12.1 Å². The van der Waals surface area contributed by atoms with Crippen molar-refractivity contribution in [1.82, 2.24) is 24.7 Å². The molecule has 0 bridgehead atoms. The molecule has 0 saturated carbocycles. The number of hydrogen-bond acceptors (Lipinski definition) is 5. The molecule has 0 unspecified atom stereocenters. The van der Waals surface area contributed by atoms with Gasteiger partial charge >= 0.3 is 0 Å². The molecule has 6 nitrogen and oxygen atoms in total. The summed E-state index contributed by atoms with van der Waals surface area (Å²) in [5.74, 6) is 1.45. The van der Waals surface area contributed by atoms with E-state index in [9.17, 15) is 0 Å². The van der Waals surface area contributed by atoms with Crippen LogP contribution in [0.4, 0.5) is 5.82 Å². The first-order valence-corrected chi connectivity index (χ1v) is 5.61. The third kappa shape index (κ3) is 2.13. The molecule has 1 aromatic carbocycles. The van der Waals surface area contributed by atoms with Gasteiger partial charge in [0.1, 0.15) is 12.1 Å². The fourth-order valence-corrected chi connectivity index (χ4v) is 1.68. The smallest absolute Gasteiger partial charge is 0.169 e. The lowest BCUT2D eigenvalue weighted by Crippen LogP contribution is -2.04. The van der Waals surface area contributed by atoms with E-state index in [0.717, 1.165) is 22.7 Å². The maximum atomic E-state index is 4.46. The van der Waals surface area contributed by atoms with E-state index in [2.05, 4.69) is 25.4 Å². The number of fused-ring (bicyclic) bond motifs is 1. The summed E-state index contributed by atoms with van der Waals surface area (Å²) < 4.78 is 1.67. The summed E-state index contributed by atoms with van der Waals surface area (Å²) in [6.07, 6.45) is 3.38. The molecule has 0 saturated heterocycles. The highest BCUT2D eigenvalue weighted by molar-refractivity contribution is 5.75. The quantitative estimate of drug-likeness (QED) is 0.748. The van der Waals surface area contributed by atoms with Crippen molar-refractivity contribution in [3.05, 3.63) is 42.6 Å². The van der Waals surface area contributed by atoms with Gasteiger partial charge in [-0.15, -0.1) is 0 Å². The van der Waals surface area contributed by atoms with E-state index in [1.54, 1.807) is 17.2 Å². The molecule has 18 heavy (non-hydrogen) atoms. The summed E-state index contributed by atoms with van der Waals surface area (Å²) >= 11 is 0. The molecule has 0 amide bonds. The van der Waals surface area contributed by atoms with Gasteiger partial charge in [0.05, 0.1) is 23.8 Å². The zero-order valence-corrected chi connectivity index (χ0v) is 9.91. The van der Waals surface area contributed by atoms with E-state index in [4.69, 9.17) is 0 Å². The number of benzene rings is 1. The first-order chi connectivity index (χ1) is 8.81. The van der Waals surface area contributed by atoms with Gasteiger partial charge in [-0.2, -0.15) is 5.10 Å². The third-order valence-corrected chi connectivity index (χ3v) is 2.52. The second kappa shape index (κ2) is 4.40. The van der Waals surface area contributed by atoms with E-state index in [0.29, 0.717) is 6.54 Å². The number of hydrogen-bond donors (Lipinski definition) is 1. The molecular formula is C12H12N6. The van der Waals surface area contributed by atoms with Crippen LogP contribution in [-0.2, 0) is 13.6 Å². The Balaban J connectivity index is 1.78. The van der Waals surface area contributed by atoms with E-state index in [-0.39, 0.29) is 0 Å². The average Bonchev–Trinajstić information content (AvgIpc) is 2.82. The lowest BCUT2D eigenvalue weighted by Gasteiger charge is -2.03. The van der Waals surface area contributed by atoms with Gasteiger partial charge in [-0.3, -0.25) is 9.67 Å². The molecule has 2 heterocycles. The molecule has 0 spiro atoms. The van der Waals surface area contributed by atoms with E-state index in [1.807, 2.05) is 31.3 Å². The standard InChI is InChI=1S/C12H12N6/c1-18-8-15-12(17-18)7-14-11-6-13-9-4-2-3-5-10(9)16-11/h2-6,8H,7H2,1H3,(H,14,16). The van der Waals surface area contributed by atoms with Crippen molar-refractivity contribution in [2.45, 2.75) is 6.54 Å². The van der Waals surface area contributed by atoms with Gasteiger partial charge in [0.2, 0.25) is 0 Å². The second-order valence-electron chi connectivity index (χ2n) is 3.93. The molecule has 0 radical (unpaired) electrons. The van der Waals surface area contributed by atoms with E-state index < -0.39 is 0 Å². The monoisotopic (exact) mass is 240 g/mol. The van der Waals surface area contributed by atoms with Crippen LogP contribution >= 0.6 is 0 Å². The summed E-state index contributed by atoms with van der Waals surface area (Å²) in [6, 6.07) is 7.77. The summed E-state index contributed by atoms with van der Waals surface area (Å²) in [5, 5.41) is 7.34. The lowest BCUT2D eigenvalue weighted by atomic mass is 10.3. The predicted octanol–water partition coefficient (Wildman–Crippen LogP) is 1.37. The number of nitrogens with zero attached hydrogens (tertiary/aromatic N) is 5. The van der Waals surface area contributed by atoms with Gasteiger partial charge in [-0.05, 0) is 12.1 Å². The van der Waals surface area contributed by atoms with E-state index >= 15 is 0 Å². The SMILES string of the molecule is Cn1cnc(CNc2cnc3ccccc3n2)n1. The summed E-state index contributed by atoms with van der Waals surface area (Å²) in [7, 11) is 1.84. The van der Waals surface area contributed by atoms with Crippen molar-refractivity contribution in [2.24, 2.45) is 7.05 Å². The van der Waals surface area contributed by atoms with Crippen LogP contribution in [0.5, 0.6) is 0 Å². The van der Waals surface area contributed by atoms with Crippen molar-refractivity contribution in [3.8, 4) is 0 Å². The Labute approximate surface area is 104 Å². The van der Waals surface area contributed by atoms with Crippen LogP contribution in [-0.4, -0.2) is 24.7 Å². The topological polar surface area (TPSA) is 68.5 Å². The molecule has 0 atom stereocenters. The molecule has 6 heteroatoms. The van der Waals surface area contributed by atoms with Crippen LogP contribution in [0.2, 0.25) is 0 Å². The Morgan fingerprint density at radius 2 is 2.00 bits per heavy atom. The number of rotatable bonds is 3. The Hall–Kier alpha value is -2.50. The minimum Gasteiger partial charge on any atom is -0.361 e. The largest absolute Gasteiger partial charge is 0.361 e. The third-order valence-electron chi connectivity index (χ3n) is 2.52. The summed E-state index contributed by atoms with van der Waals surface area (Å²) in [5.41, 5.74) is 1.76. The van der Waals surface area contributed by atoms with Crippen LogP contribution in [0.1, 0.15) is 5.82 Å².